The number of hydrogen-bond acceptors (Lipinski definition) is 3. The number of carbonyl (C=O) groups is 1. The van der Waals surface area contributed by atoms with E-state index in [-0.39, 0.29) is 16.7 Å². The van der Waals surface area contributed by atoms with Crippen molar-refractivity contribution in [3.05, 3.63) is 23.9 Å². The molecule has 1 aromatic rings. The van der Waals surface area contributed by atoms with Crippen LogP contribution in [0.15, 0.2) is 18.3 Å². The van der Waals surface area contributed by atoms with Gasteiger partial charge >= 0.3 is 0 Å². The van der Waals surface area contributed by atoms with Crippen molar-refractivity contribution < 1.29 is 9.53 Å². The Balaban J connectivity index is 2.58. The zero-order valence-corrected chi connectivity index (χ0v) is 11.8. The molecule has 94 valence electrons. The van der Waals surface area contributed by atoms with Gasteiger partial charge in [-0.05, 0) is 12.0 Å². The first-order valence-corrected chi connectivity index (χ1v) is 6.37. The summed E-state index contributed by atoms with van der Waals surface area (Å²) in [5.74, 6) is 0.778. The second-order valence-electron chi connectivity index (χ2n) is 4.04. The van der Waals surface area contributed by atoms with Crippen LogP contribution in [-0.4, -0.2) is 22.8 Å². The molecule has 1 heterocycles. The van der Waals surface area contributed by atoms with Crippen molar-refractivity contribution in [2.45, 2.75) is 25.2 Å². The van der Waals surface area contributed by atoms with Crippen LogP contribution in [0.2, 0.25) is 0 Å². The van der Waals surface area contributed by atoms with E-state index in [2.05, 4.69) is 26.2 Å². The van der Waals surface area contributed by atoms with Gasteiger partial charge in [0.15, 0.2) is 0 Å². The lowest BCUT2D eigenvalue weighted by molar-refractivity contribution is -0.121. The van der Waals surface area contributed by atoms with Crippen LogP contribution < -0.4 is 10.1 Å². The Labute approximate surface area is 110 Å². The predicted octanol–water partition coefficient (Wildman–Crippen LogP) is 2.13. The highest BCUT2D eigenvalue weighted by molar-refractivity contribution is 9.10. The zero-order valence-electron chi connectivity index (χ0n) is 10.2. The molecular formula is C12H17BrN2O2. The molecule has 17 heavy (non-hydrogen) atoms. The van der Waals surface area contributed by atoms with Crippen molar-refractivity contribution >= 4 is 21.8 Å². The van der Waals surface area contributed by atoms with Gasteiger partial charge in [-0.15, -0.1) is 0 Å². The Hall–Kier alpha value is -1.10. The molecule has 0 aliphatic heterocycles. The maximum absolute atomic E-state index is 11.7. The van der Waals surface area contributed by atoms with Gasteiger partial charge in [-0.1, -0.05) is 35.8 Å². The fourth-order valence-corrected chi connectivity index (χ4v) is 1.49. The molecule has 0 saturated carbocycles. The number of hydrogen-bond donors (Lipinski definition) is 1. The average molecular weight is 301 g/mol. The molecule has 4 nitrogen and oxygen atoms in total. The molecule has 0 spiro atoms. The molecule has 0 bridgehead atoms. The summed E-state index contributed by atoms with van der Waals surface area (Å²) in [5, 5.41) is 2.85. The summed E-state index contributed by atoms with van der Waals surface area (Å²) in [7, 11) is 1.56. The third-order valence-electron chi connectivity index (χ3n) is 2.33. The van der Waals surface area contributed by atoms with E-state index in [1.165, 1.54) is 0 Å². The largest absolute Gasteiger partial charge is 0.481 e. The molecule has 1 rings (SSSR count). The van der Waals surface area contributed by atoms with Crippen LogP contribution in [0.25, 0.3) is 0 Å². The lowest BCUT2D eigenvalue weighted by Gasteiger charge is -2.14. The summed E-state index contributed by atoms with van der Waals surface area (Å²) in [6.07, 6.45) is 1.66. The zero-order chi connectivity index (χ0) is 12.8. The smallest absolute Gasteiger partial charge is 0.234 e. The number of methoxy groups -OCH3 is 1. The maximum atomic E-state index is 11.7. The number of ether oxygens (including phenoxy) is 1. The second kappa shape index (κ2) is 6.59. The number of nitrogens with one attached hydrogen (secondary N) is 1. The third kappa shape index (κ3) is 4.00. The average Bonchev–Trinajstić information content (AvgIpc) is 2.35. The quantitative estimate of drug-likeness (QED) is 0.848. The van der Waals surface area contributed by atoms with E-state index < -0.39 is 0 Å². The fourth-order valence-electron chi connectivity index (χ4n) is 1.33. The van der Waals surface area contributed by atoms with Crippen molar-refractivity contribution in [1.82, 2.24) is 10.3 Å². The van der Waals surface area contributed by atoms with E-state index in [0.29, 0.717) is 12.4 Å². The number of pyridine rings is 1. The van der Waals surface area contributed by atoms with Gasteiger partial charge in [0.25, 0.3) is 0 Å². The van der Waals surface area contributed by atoms with Crippen LogP contribution in [0, 0.1) is 5.92 Å². The van der Waals surface area contributed by atoms with E-state index in [9.17, 15) is 4.79 Å². The van der Waals surface area contributed by atoms with Crippen molar-refractivity contribution in [2.75, 3.05) is 7.11 Å². The molecular weight excluding hydrogens is 284 g/mol. The lowest BCUT2D eigenvalue weighted by Crippen LogP contribution is -2.33. The molecule has 1 amide bonds. The van der Waals surface area contributed by atoms with Crippen molar-refractivity contribution in [2.24, 2.45) is 5.92 Å². The SMILES string of the molecule is COc1ncccc1CNC(=O)C(Br)C(C)C. The Kier molecular flexibility index (Phi) is 5.41. The molecule has 0 aromatic carbocycles. The highest BCUT2D eigenvalue weighted by Gasteiger charge is 2.18. The molecule has 0 fully saturated rings. The molecule has 0 aliphatic rings. The molecule has 1 aromatic heterocycles. The minimum atomic E-state index is -0.176. The number of nitrogens with zero attached hydrogens (tertiary/aromatic N) is 1. The van der Waals surface area contributed by atoms with Crippen LogP contribution in [0.3, 0.4) is 0 Å². The Bertz CT molecular complexity index is 383. The number of aromatic nitrogens is 1. The minimum Gasteiger partial charge on any atom is -0.481 e. The number of amides is 1. The highest BCUT2D eigenvalue weighted by atomic mass is 79.9. The maximum Gasteiger partial charge on any atom is 0.234 e. The van der Waals surface area contributed by atoms with Crippen LogP contribution in [0.5, 0.6) is 5.88 Å². The minimum absolute atomic E-state index is 0.0223. The van der Waals surface area contributed by atoms with Crippen LogP contribution in [-0.2, 0) is 11.3 Å². The van der Waals surface area contributed by atoms with Gasteiger partial charge in [-0.2, -0.15) is 0 Å². The van der Waals surface area contributed by atoms with Crippen LogP contribution in [0.1, 0.15) is 19.4 Å². The second-order valence-corrected chi connectivity index (χ2v) is 5.02. The van der Waals surface area contributed by atoms with Gasteiger partial charge < -0.3 is 10.1 Å². The van der Waals surface area contributed by atoms with Crippen molar-refractivity contribution in [1.29, 1.82) is 0 Å². The van der Waals surface area contributed by atoms with Gasteiger partial charge in [0.1, 0.15) is 0 Å². The van der Waals surface area contributed by atoms with Gasteiger partial charge in [0.05, 0.1) is 11.9 Å². The summed E-state index contributed by atoms with van der Waals surface area (Å²) in [4.78, 5) is 15.6. The molecule has 0 saturated heterocycles. The van der Waals surface area contributed by atoms with E-state index in [1.54, 1.807) is 13.3 Å². The van der Waals surface area contributed by atoms with Gasteiger partial charge in [-0.25, -0.2) is 4.98 Å². The molecule has 0 aliphatic carbocycles. The predicted molar refractivity (Wildman–Crippen MR) is 70.2 cm³/mol. The molecule has 0 radical (unpaired) electrons. The van der Waals surface area contributed by atoms with Crippen LogP contribution in [0.4, 0.5) is 0 Å². The van der Waals surface area contributed by atoms with Crippen molar-refractivity contribution in [3.8, 4) is 5.88 Å². The van der Waals surface area contributed by atoms with Gasteiger partial charge in [0.2, 0.25) is 11.8 Å². The first-order valence-electron chi connectivity index (χ1n) is 5.46. The summed E-state index contributed by atoms with van der Waals surface area (Å²) in [6, 6.07) is 3.70. The molecule has 5 heteroatoms. The normalized spacial score (nSPS) is 12.3. The van der Waals surface area contributed by atoms with E-state index in [1.807, 2.05) is 26.0 Å². The van der Waals surface area contributed by atoms with Gasteiger partial charge in [0, 0.05) is 18.3 Å². The highest BCUT2D eigenvalue weighted by Crippen LogP contribution is 2.15. The van der Waals surface area contributed by atoms with E-state index in [0.717, 1.165) is 5.56 Å². The Morgan fingerprint density at radius 1 is 1.59 bits per heavy atom. The molecule has 1 atom stereocenters. The summed E-state index contributed by atoms with van der Waals surface area (Å²) in [5.41, 5.74) is 0.867. The number of alkyl halides is 1. The molecule has 1 N–H and O–H groups in total. The Morgan fingerprint density at radius 3 is 2.88 bits per heavy atom. The summed E-state index contributed by atoms with van der Waals surface area (Å²) < 4.78 is 5.11. The topological polar surface area (TPSA) is 51.2 Å². The van der Waals surface area contributed by atoms with Gasteiger partial charge in [-0.3, -0.25) is 4.79 Å². The number of carbonyl (C=O) groups excluding carboxylic acids is 1. The first-order chi connectivity index (χ1) is 8.06. The number of halogens is 1. The van der Waals surface area contributed by atoms with Crippen LogP contribution >= 0.6 is 15.9 Å². The standard InChI is InChI=1S/C12H17BrN2O2/c1-8(2)10(13)11(16)15-7-9-5-4-6-14-12(9)17-3/h4-6,8,10H,7H2,1-3H3,(H,15,16). The van der Waals surface area contributed by atoms with E-state index in [4.69, 9.17) is 4.74 Å². The first kappa shape index (κ1) is 14.0. The van der Waals surface area contributed by atoms with E-state index >= 15 is 0 Å². The summed E-state index contributed by atoms with van der Waals surface area (Å²) in [6.45, 7) is 4.40. The lowest BCUT2D eigenvalue weighted by atomic mass is 10.1. The third-order valence-corrected chi connectivity index (χ3v) is 3.81. The molecule has 1 unspecified atom stereocenters. The fraction of sp³-hybridized carbons (Fsp3) is 0.500. The monoisotopic (exact) mass is 300 g/mol. The number of rotatable bonds is 5. The Morgan fingerprint density at radius 2 is 2.29 bits per heavy atom. The summed E-state index contributed by atoms with van der Waals surface area (Å²) >= 11 is 3.36. The van der Waals surface area contributed by atoms with Crippen molar-refractivity contribution in [3.63, 3.8) is 0 Å².